The lowest BCUT2D eigenvalue weighted by atomic mass is 10.1. The van der Waals surface area contributed by atoms with Crippen molar-refractivity contribution < 1.29 is 9.90 Å². The first-order valence-corrected chi connectivity index (χ1v) is 7.56. The summed E-state index contributed by atoms with van der Waals surface area (Å²) in [5.41, 5.74) is 0. The SMILES string of the molecule is CSc1ccsc1C(=O)N[C@@H]1C=C[C@H](CO)C1. The molecule has 1 aliphatic carbocycles. The van der Waals surface area contributed by atoms with Crippen LogP contribution >= 0.6 is 23.1 Å². The Balaban J connectivity index is 1.96. The molecule has 2 rings (SSSR count). The van der Waals surface area contributed by atoms with Crippen molar-refractivity contribution in [3.8, 4) is 0 Å². The Morgan fingerprint density at radius 1 is 1.65 bits per heavy atom. The minimum atomic E-state index is -0.0161. The number of carbonyl (C=O) groups is 1. The third kappa shape index (κ3) is 2.91. The Hall–Kier alpha value is -0.780. The lowest BCUT2D eigenvalue weighted by Gasteiger charge is -2.12. The van der Waals surface area contributed by atoms with Gasteiger partial charge in [-0.15, -0.1) is 23.1 Å². The average molecular weight is 269 g/mol. The number of carbonyl (C=O) groups excluding carboxylic acids is 1. The van der Waals surface area contributed by atoms with Gasteiger partial charge in [0.15, 0.2) is 0 Å². The first-order chi connectivity index (χ1) is 8.24. The highest BCUT2D eigenvalue weighted by atomic mass is 32.2. The summed E-state index contributed by atoms with van der Waals surface area (Å²) in [7, 11) is 0. The highest BCUT2D eigenvalue weighted by Crippen LogP contribution is 2.26. The number of nitrogens with one attached hydrogen (secondary N) is 1. The number of aliphatic hydroxyl groups excluding tert-OH is 1. The summed E-state index contributed by atoms with van der Waals surface area (Å²) in [5, 5.41) is 13.9. The predicted octanol–water partition coefficient (Wildman–Crippen LogP) is 2.14. The third-order valence-electron chi connectivity index (χ3n) is 2.78. The second-order valence-electron chi connectivity index (χ2n) is 3.96. The molecule has 1 aromatic rings. The van der Waals surface area contributed by atoms with Gasteiger partial charge in [-0.2, -0.15) is 0 Å². The lowest BCUT2D eigenvalue weighted by molar-refractivity contribution is 0.0942. The van der Waals surface area contributed by atoms with Crippen LogP contribution in [-0.2, 0) is 0 Å². The van der Waals surface area contributed by atoms with Crippen LogP contribution in [0.3, 0.4) is 0 Å². The van der Waals surface area contributed by atoms with Crippen molar-refractivity contribution in [3.63, 3.8) is 0 Å². The molecule has 2 atom stereocenters. The molecule has 0 spiro atoms. The third-order valence-corrected chi connectivity index (χ3v) is 4.60. The first-order valence-electron chi connectivity index (χ1n) is 5.46. The number of rotatable bonds is 4. The van der Waals surface area contributed by atoms with E-state index in [0.717, 1.165) is 16.2 Å². The molecule has 1 aliphatic rings. The maximum atomic E-state index is 12.0. The zero-order valence-electron chi connectivity index (χ0n) is 9.55. The van der Waals surface area contributed by atoms with Crippen molar-refractivity contribution in [2.75, 3.05) is 12.9 Å². The Kier molecular flexibility index (Phi) is 4.25. The van der Waals surface area contributed by atoms with Crippen LogP contribution in [-0.4, -0.2) is 29.9 Å². The number of thioether (sulfide) groups is 1. The van der Waals surface area contributed by atoms with E-state index in [0.29, 0.717) is 0 Å². The lowest BCUT2D eigenvalue weighted by Crippen LogP contribution is -2.32. The quantitative estimate of drug-likeness (QED) is 0.650. The summed E-state index contributed by atoms with van der Waals surface area (Å²) in [5.74, 6) is 0.168. The molecule has 0 radical (unpaired) electrons. The summed E-state index contributed by atoms with van der Waals surface area (Å²) in [6.07, 6.45) is 6.69. The number of aliphatic hydroxyl groups is 1. The summed E-state index contributed by atoms with van der Waals surface area (Å²) < 4.78 is 0. The molecule has 0 aromatic carbocycles. The van der Waals surface area contributed by atoms with Crippen molar-refractivity contribution in [2.24, 2.45) is 5.92 Å². The molecule has 92 valence electrons. The number of hydrogen-bond acceptors (Lipinski definition) is 4. The molecule has 5 heteroatoms. The summed E-state index contributed by atoms with van der Waals surface area (Å²) in [6.45, 7) is 0.151. The fourth-order valence-corrected chi connectivity index (χ4v) is 3.53. The van der Waals surface area contributed by atoms with Gasteiger partial charge in [0.05, 0.1) is 0 Å². The maximum Gasteiger partial charge on any atom is 0.262 e. The van der Waals surface area contributed by atoms with Crippen LogP contribution in [0.5, 0.6) is 0 Å². The molecule has 2 N–H and O–H groups in total. The van der Waals surface area contributed by atoms with E-state index in [9.17, 15) is 4.79 Å². The Bertz CT molecular complexity index is 428. The van der Waals surface area contributed by atoms with Crippen LogP contribution < -0.4 is 5.32 Å². The highest BCUT2D eigenvalue weighted by molar-refractivity contribution is 7.98. The van der Waals surface area contributed by atoms with E-state index in [-0.39, 0.29) is 24.5 Å². The van der Waals surface area contributed by atoms with Crippen LogP contribution in [0.2, 0.25) is 0 Å². The van der Waals surface area contributed by atoms with Crippen molar-refractivity contribution in [1.82, 2.24) is 5.32 Å². The van der Waals surface area contributed by atoms with Crippen molar-refractivity contribution in [3.05, 3.63) is 28.5 Å². The molecule has 0 saturated heterocycles. The van der Waals surface area contributed by atoms with Crippen molar-refractivity contribution in [2.45, 2.75) is 17.4 Å². The molecular weight excluding hydrogens is 254 g/mol. The van der Waals surface area contributed by atoms with Gasteiger partial charge in [-0.1, -0.05) is 12.2 Å². The Labute approximate surface area is 109 Å². The van der Waals surface area contributed by atoms with Gasteiger partial charge < -0.3 is 10.4 Å². The van der Waals surface area contributed by atoms with Gasteiger partial charge in [0.2, 0.25) is 0 Å². The zero-order valence-corrected chi connectivity index (χ0v) is 11.2. The van der Waals surface area contributed by atoms with E-state index in [2.05, 4.69) is 5.32 Å². The van der Waals surface area contributed by atoms with Crippen LogP contribution in [0, 0.1) is 5.92 Å². The fourth-order valence-electron chi connectivity index (χ4n) is 1.87. The number of amides is 1. The van der Waals surface area contributed by atoms with Gasteiger partial charge in [-0.25, -0.2) is 0 Å². The van der Waals surface area contributed by atoms with Crippen LogP contribution in [0.25, 0.3) is 0 Å². The predicted molar refractivity (Wildman–Crippen MR) is 71.7 cm³/mol. The normalized spacial score (nSPS) is 22.9. The van der Waals surface area contributed by atoms with E-state index in [4.69, 9.17) is 5.11 Å². The van der Waals surface area contributed by atoms with Gasteiger partial charge in [-0.3, -0.25) is 4.79 Å². The molecule has 0 aliphatic heterocycles. The largest absolute Gasteiger partial charge is 0.396 e. The summed E-state index contributed by atoms with van der Waals surface area (Å²) in [4.78, 5) is 13.8. The molecule has 0 unspecified atom stereocenters. The van der Waals surface area contributed by atoms with Crippen LogP contribution in [0.4, 0.5) is 0 Å². The summed E-state index contributed by atoms with van der Waals surface area (Å²) in [6, 6.07) is 2.02. The molecule has 0 bridgehead atoms. The monoisotopic (exact) mass is 269 g/mol. The Morgan fingerprint density at radius 3 is 3.12 bits per heavy atom. The highest BCUT2D eigenvalue weighted by Gasteiger charge is 2.21. The minimum Gasteiger partial charge on any atom is -0.396 e. The van der Waals surface area contributed by atoms with E-state index in [1.165, 1.54) is 11.3 Å². The van der Waals surface area contributed by atoms with E-state index < -0.39 is 0 Å². The van der Waals surface area contributed by atoms with E-state index in [1.54, 1.807) is 11.8 Å². The van der Waals surface area contributed by atoms with Gasteiger partial charge in [0, 0.05) is 23.5 Å². The fraction of sp³-hybridized carbons (Fsp3) is 0.417. The number of thiophene rings is 1. The average Bonchev–Trinajstić information content (AvgIpc) is 2.96. The smallest absolute Gasteiger partial charge is 0.262 e. The Morgan fingerprint density at radius 2 is 2.47 bits per heavy atom. The standard InChI is InChI=1S/C12H15NO2S2/c1-16-10-4-5-17-11(10)12(15)13-9-3-2-8(6-9)7-14/h2-5,8-9,14H,6-7H2,1H3,(H,13,15)/t8-,9+/m0/s1. The molecule has 0 saturated carbocycles. The zero-order chi connectivity index (χ0) is 12.3. The maximum absolute atomic E-state index is 12.0. The molecule has 3 nitrogen and oxygen atoms in total. The minimum absolute atomic E-state index is 0.0161. The molecular formula is C12H15NO2S2. The summed E-state index contributed by atoms with van der Waals surface area (Å²) >= 11 is 3.05. The molecule has 1 heterocycles. The van der Waals surface area contributed by atoms with E-state index >= 15 is 0 Å². The molecule has 1 amide bonds. The number of hydrogen-bond donors (Lipinski definition) is 2. The van der Waals surface area contributed by atoms with Gasteiger partial charge in [0.25, 0.3) is 5.91 Å². The first kappa shape index (κ1) is 12.7. The van der Waals surface area contributed by atoms with Gasteiger partial charge in [-0.05, 0) is 24.1 Å². The topological polar surface area (TPSA) is 49.3 Å². The van der Waals surface area contributed by atoms with Crippen molar-refractivity contribution >= 4 is 29.0 Å². The second kappa shape index (κ2) is 5.71. The van der Waals surface area contributed by atoms with Gasteiger partial charge >= 0.3 is 0 Å². The molecule has 1 aromatic heterocycles. The molecule has 0 fully saturated rings. The van der Waals surface area contributed by atoms with Crippen molar-refractivity contribution in [1.29, 1.82) is 0 Å². The van der Waals surface area contributed by atoms with Gasteiger partial charge in [0.1, 0.15) is 4.88 Å². The molecule has 17 heavy (non-hydrogen) atoms. The van der Waals surface area contributed by atoms with Crippen LogP contribution in [0.15, 0.2) is 28.5 Å². The van der Waals surface area contributed by atoms with Crippen LogP contribution in [0.1, 0.15) is 16.1 Å². The second-order valence-corrected chi connectivity index (χ2v) is 5.73. The van der Waals surface area contributed by atoms with E-state index in [1.807, 2.05) is 29.9 Å².